The normalized spacial score (nSPS) is 25.1. The van der Waals surface area contributed by atoms with Crippen LogP contribution < -0.4 is 0 Å². The van der Waals surface area contributed by atoms with Crippen LogP contribution in [0, 0.1) is 5.92 Å². The Morgan fingerprint density at radius 1 is 1.44 bits per heavy atom. The van der Waals surface area contributed by atoms with Crippen molar-refractivity contribution >= 4 is 21.7 Å². The van der Waals surface area contributed by atoms with Crippen LogP contribution in [0.4, 0.5) is 0 Å². The first-order chi connectivity index (χ1) is 8.23. The molecule has 0 saturated carbocycles. The van der Waals surface area contributed by atoms with Crippen LogP contribution in [0.1, 0.15) is 44.6 Å². The van der Waals surface area contributed by atoms with Gasteiger partial charge in [0.25, 0.3) is 0 Å². The number of pyridine rings is 1. The smallest absolute Gasteiger partial charge is 0.188 e. The van der Waals surface area contributed by atoms with Crippen LogP contribution in [0.25, 0.3) is 0 Å². The van der Waals surface area contributed by atoms with Gasteiger partial charge in [0.2, 0.25) is 0 Å². The lowest BCUT2D eigenvalue weighted by molar-refractivity contribution is -0.0712. The number of nitrogens with zero attached hydrogens (tertiary/aromatic N) is 1. The monoisotopic (exact) mass is 311 g/mol. The second-order valence-corrected chi connectivity index (χ2v) is 6.77. The second kappa shape index (κ2) is 4.42. The number of carbonyl (C=O) groups is 1. The van der Waals surface area contributed by atoms with Gasteiger partial charge < -0.3 is 4.74 Å². The summed E-state index contributed by atoms with van der Waals surface area (Å²) in [6.07, 6.45) is 2.37. The first-order valence-electron chi connectivity index (χ1n) is 6.08. The van der Waals surface area contributed by atoms with E-state index in [1.807, 2.05) is 33.8 Å². The van der Waals surface area contributed by atoms with Crippen LogP contribution in [0.5, 0.6) is 0 Å². The van der Waals surface area contributed by atoms with Crippen LogP contribution in [-0.4, -0.2) is 22.0 Å². The van der Waals surface area contributed by atoms with Gasteiger partial charge in [-0.15, -0.1) is 0 Å². The van der Waals surface area contributed by atoms with E-state index in [1.54, 1.807) is 12.3 Å². The minimum Gasteiger partial charge on any atom is -0.369 e. The zero-order chi connectivity index (χ0) is 13.6. The molecule has 2 heterocycles. The SMILES string of the molecule is CC1(C)CC(C(=O)c2ncccc2Br)C(C)(C)O1. The molecule has 3 nitrogen and oxygen atoms in total. The first kappa shape index (κ1) is 13.7. The Morgan fingerprint density at radius 2 is 2.11 bits per heavy atom. The third-order valence-electron chi connectivity index (χ3n) is 3.38. The van der Waals surface area contributed by atoms with Crippen molar-refractivity contribution in [3.05, 3.63) is 28.5 Å². The molecule has 1 atom stereocenters. The van der Waals surface area contributed by atoms with E-state index in [4.69, 9.17) is 4.74 Å². The van der Waals surface area contributed by atoms with Crippen LogP contribution in [0.2, 0.25) is 0 Å². The molecule has 2 rings (SSSR count). The van der Waals surface area contributed by atoms with E-state index in [-0.39, 0.29) is 17.3 Å². The number of carbonyl (C=O) groups excluding carboxylic acids is 1. The van der Waals surface area contributed by atoms with Gasteiger partial charge in [-0.2, -0.15) is 0 Å². The minimum atomic E-state index is -0.447. The fourth-order valence-electron chi connectivity index (χ4n) is 2.70. The van der Waals surface area contributed by atoms with Gasteiger partial charge in [-0.1, -0.05) is 0 Å². The number of hydrogen-bond donors (Lipinski definition) is 0. The number of Topliss-reactive ketones (excluding diaryl/α,β-unsaturated/α-hetero) is 1. The highest BCUT2D eigenvalue weighted by molar-refractivity contribution is 9.10. The molecule has 0 aliphatic carbocycles. The van der Waals surface area contributed by atoms with E-state index in [0.29, 0.717) is 5.69 Å². The fourth-order valence-corrected chi connectivity index (χ4v) is 3.15. The summed E-state index contributed by atoms with van der Waals surface area (Å²) >= 11 is 3.39. The maximum absolute atomic E-state index is 12.6. The van der Waals surface area contributed by atoms with Gasteiger partial charge >= 0.3 is 0 Å². The molecule has 1 aliphatic heterocycles. The van der Waals surface area contributed by atoms with E-state index < -0.39 is 5.60 Å². The lowest BCUT2D eigenvalue weighted by Crippen LogP contribution is -2.34. The first-order valence-corrected chi connectivity index (χ1v) is 6.87. The predicted octanol–water partition coefficient (Wildman–Crippen LogP) is 3.62. The number of aromatic nitrogens is 1. The summed E-state index contributed by atoms with van der Waals surface area (Å²) in [7, 11) is 0. The predicted molar refractivity (Wildman–Crippen MR) is 73.6 cm³/mol. The fraction of sp³-hybridized carbons (Fsp3) is 0.571. The van der Waals surface area contributed by atoms with Crippen LogP contribution >= 0.6 is 15.9 Å². The molecule has 1 aromatic heterocycles. The summed E-state index contributed by atoms with van der Waals surface area (Å²) in [6.45, 7) is 7.99. The maximum atomic E-state index is 12.6. The van der Waals surface area contributed by atoms with Crippen molar-refractivity contribution in [1.29, 1.82) is 0 Å². The summed E-state index contributed by atoms with van der Waals surface area (Å²) in [4.78, 5) is 16.8. The Labute approximate surface area is 116 Å². The molecule has 1 saturated heterocycles. The van der Waals surface area contributed by atoms with Gasteiger partial charge in [0.1, 0.15) is 5.69 Å². The zero-order valence-electron chi connectivity index (χ0n) is 11.2. The van der Waals surface area contributed by atoms with Crippen LogP contribution in [0.15, 0.2) is 22.8 Å². The quantitative estimate of drug-likeness (QED) is 0.783. The molecular weight excluding hydrogens is 294 g/mol. The van der Waals surface area contributed by atoms with Crippen molar-refractivity contribution in [2.75, 3.05) is 0 Å². The zero-order valence-corrected chi connectivity index (χ0v) is 12.7. The number of ether oxygens (including phenoxy) is 1. The topological polar surface area (TPSA) is 39.2 Å². The molecular formula is C14H18BrNO2. The Bertz CT molecular complexity index is 482. The number of halogens is 1. The molecule has 1 aliphatic rings. The molecule has 1 unspecified atom stereocenters. The van der Waals surface area contributed by atoms with E-state index in [1.165, 1.54) is 0 Å². The molecule has 0 amide bonds. The van der Waals surface area contributed by atoms with Crippen molar-refractivity contribution in [3.8, 4) is 0 Å². The Kier molecular flexibility index (Phi) is 3.36. The van der Waals surface area contributed by atoms with E-state index in [9.17, 15) is 4.79 Å². The number of rotatable bonds is 2. The van der Waals surface area contributed by atoms with E-state index >= 15 is 0 Å². The molecule has 4 heteroatoms. The van der Waals surface area contributed by atoms with E-state index in [2.05, 4.69) is 20.9 Å². The third kappa shape index (κ3) is 2.50. The Hall–Kier alpha value is -0.740. The highest BCUT2D eigenvalue weighted by Crippen LogP contribution is 2.43. The van der Waals surface area contributed by atoms with Crippen LogP contribution in [0.3, 0.4) is 0 Å². The summed E-state index contributed by atoms with van der Waals surface area (Å²) in [5.41, 5.74) is -0.209. The molecule has 1 aromatic rings. The summed E-state index contributed by atoms with van der Waals surface area (Å²) < 4.78 is 6.71. The van der Waals surface area contributed by atoms with Gasteiger partial charge in [0, 0.05) is 10.7 Å². The molecule has 1 fully saturated rings. The van der Waals surface area contributed by atoms with Gasteiger partial charge in [-0.3, -0.25) is 9.78 Å². The van der Waals surface area contributed by atoms with Crippen molar-refractivity contribution in [2.45, 2.75) is 45.3 Å². The van der Waals surface area contributed by atoms with Gasteiger partial charge in [0.05, 0.1) is 17.1 Å². The average molecular weight is 312 g/mol. The van der Waals surface area contributed by atoms with Gasteiger partial charge in [0.15, 0.2) is 5.78 Å². The molecule has 0 N–H and O–H groups in total. The molecule has 98 valence electrons. The highest BCUT2D eigenvalue weighted by atomic mass is 79.9. The molecule has 0 spiro atoms. The Morgan fingerprint density at radius 3 is 2.61 bits per heavy atom. The summed E-state index contributed by atoms with van der Waals surface area (Å²) in [5.74, 6) is -0.100. The molecule has 18 heavy (non-hydrogen) atoms. The highest BCUT2D eigenvalue weighted by Gasteiger charge is 2.49. The lowest BCUT2D eigenvalue weighted by Gasteiger charge is -2.26. The molecule has 0 bridgehead atoms. The number of hydrogen-bond acceptors (Lipinski definition) is 3. The third-order valence-corrected chi connectivity index (χ3v) is 4.02. The Balaban J connectivity index is 2.33. The maximum Gasteiger partial charge on any atom is 0.188 e. The number of ketones is 1. The molecule has 0 aromatic carbocycles. The minimum absolute atomic E-state index is 0.0538. The van der Waals surface area contributed by atoms with Crippen molar-refractivity contribution in [1.82, 2.24) is 4.98 Å². The average Bonchev–Trinajstić information content (AvgIpc) is 2.46. The van der Waals surface area contributed by atoms with Crippen molar-refractivity contribution in [3.63, 3.8) is 0 Å². The van der Waals surface area contributed by atoms with Gasteiger partial charge in [-0.05, 0) is 62.2 Å². The standard InChI is InChI=1S/C14H18BrNO2/c1-13(2)8-9(14(3,4)18-13)12(17)11-10(15)6-5-7-16-11/h5-7,9H,8H2,1-4H3. The second-order valence-electron chi connectivity index (χ2n) is 5.92. The summed E-state index contributed by atoms with van der Waals surface area (Å²) in [6, 6.07) is 3.65. The van der Waals surface area contributed by atoms with Crippen LogP contribution in [-0.2, 0) is 4.74 Å². The van der Waals surface area contributed by atoms with Crippen molar-refractivity contribution in [2.24, 2.45) is 5.92 Å². The largest absolute Gasteiger partial charge is 0.369 e. The molecule has 0 radical (unpaired) electrons. The van der Waals surface area contributed by atoms with Gasteiger partial charge in [-0.25, -0.2) is 0 Å². The van der Waals surface area contributed by atoms with E-state index in [0.717, 1.165) is 10.9 Å². The lowest BCUT2D eigenvalue weighted by atomic mass is 9.83. The summed E-state index contributed by atoms with van der Waals surface area (Å²) in [5, 5.41) is 0. The van der Waals surface area contributed by atoms with Crippen molar-refractivity contribution < 1.29 is 9.53 Å².